The highest BCUT2D eigenvalue weighted by Crippen LogP contribution is 2.31. The molecule has 0 bridgehead atoms. The first kappa shape index (κ1) is 16.6. The standard InChI is InChI=1S/C18H20N2O3S/c1-3-23-18(22)15-11-24-16(19-15)10-20(13-8-9-13)17(21)14-7-5-4-6-12(14)2/h4-7,11,13H,3,8-10H2,1-2H3. The van der Waals surface area contributed by atoms with Gasteiger partial charge in [0.2, 0.25) is 0 Å². The van der Waals surface area contributed by atoms with Crippen LogP contribution in [0.4, 0.5) is 0 Å². The van der Waals surface area contributed by atoms with Gasteiger partial charge in [0.1, 0.15) is 5.01 Å². The molecule has 126 valence electrons. The van der Waals surface area contributed by atoms with Crippen LogP contribution in [0.5, 0.6) is 0 Å². The third kappa shape index (κ3) is 3.64. The van der Waals surface area contributed by atoms with Crippen molar-refractivity contribution in [3.8, 4) is 0 Å². The van der Waals surface area contributed by atoms with E-state index in [4.69, 9.17) is 4.74 Å². The fraction of sp³-hybridized carbons (Fsp3) is 0.389. The first-order chi connectivity index (χ1) is 11.6. The van der Waals surface area contributed by atoms with E-state index in [0.29, 0.717) is 18.8 Å². The van der Waals surface area contributed by atoms with E-state index in [1.165, 1.54) is 11.3 Å². The highest BCUT2D eigenvalue weighted by molar-refractivity contribution is 7.09. The number of benzene rings is 1. The number of aryl methyl sites for hydroxylation is 1. The number of hydrogen-bond acceptors (Lipinski definition) is 5. The summed E-state index contributed by atoms with van der Waals surface area (Å²) in [5.74, 6) is -0.383. The number of nitrogens with zero attached hydrogens (tertiary/aromatic N) is 2. The van der Waals surface area contributed by atoms with Crippen LogP contribution in [0, 0.1) is 6.92 Å². The van der Waals surface area contributed by atoms with Crippen molar-refractivity contribution >= 4 is 23.2 Å². The van der Waals surface area contributed by atoms with Crippen molar-refractivity contribution in [2.24, 2.45) is 0 Å². The van der Waals surface area contributed by atoms with Gasteiger partial charge in [0.05, 0.1) is 13.2 Å². The van der Waals surface area contributed by atoms with Crippen molar-refractivity contribution in [1.82, 2.24) is 9.88 Å². The number of esters is 1. The number of hydrogen-bond donors (Lipinski definition) is 0. The van der Waals surface area contributed by atoms with E-state index in [-0.39, 0.29) is 11.9 Å². The van der Waals surface area contributed by atoms with E-state index >= 15 is 0 Å². The van der Waals surface area contributed by atoms with Crippen molar-refractivity contribution in [1.29, 1.82) is 0 Å². The molecule has 0 N–H and O–H groups in total. The maximum atomic E-state index is 12.9. The average molecular weight is 344 g/mol. The number of carbonyl (C=O) groups is 2. The number of aromatic nitrogens is 1. The largest absolute Gasteiger partial charge is 0.461 e. The Balaban J connectivity index is 1.77. The molecule has 1 aliphatic carbocycles. The predicted octanol–water partition coefficient (Wildman–Crippen LogP) is 3.43. The summed E-state index contributed by atoms with van der Waals surface area (Å²) in [6.45, 7) is 4.47. The third-order valence-electron chi connectivity index (χ3n) is 3.97. The Morgan fingerprint density at radius 3 is 2.75 bits per heavy atom. The third-order valence-corrected chi connectivity index (χ3v) is 4.80. The van der Waals surface area contributed by atoms with Crippen molar-refractivity contribution in [2.45, 2.75) is 39.3 Å². The van der Waals surface area contributed by atoms with Gasteiger partial charge in [-0.15, -0.1) is 11.3 Å². The predicted molar refractivity (Wildman–Crippen MR) is 92.1 cm³/mol. The number of amides is 1. The van der Waals surface area contributed by atoms with Crippen LogP contribution < -0.4 is 0 Å². The van der Waals surface area contributed by atoms with Gasteiger partial charge < -0.3 is 9.64 Å². The molecular weight excluding hydrogens is 324 g/mol. The second-order valence-corrected chi connectivity index (χ2v) is 6.77. The number of thiazole rings is 1. The molecule has 0 saturated heterocycles. The highest BCUT2D eigenvalue weighted by atomic mass is 32.1. The molecule has 0 atom stereocenters. The van der Waals surface area contributed by atoms with Gasteiger partial charge in [-0.3, -0.25) is 4.79 Å². The molecule has 0 radical (unpaired) electrons. The molecule has 0 spiro atoms. The van der Waals surface area contributed by atoms with Crippen LogP contribution in [0.2, 0.25) is 0 Å². The minimum Gasteiger partial charge on any atom is -0.461 e. The smallest absolute Gasteiger partial charge is 0.357 e. The van der Waals surface area contributed by atoms with Crippen LogP contribution >= 0.6 is 11.3 Å². The van der Waals surface area contributed by atoms with Crippen molar-refractivity contribution < 1.29 is 14.3 Å². The van der Waals surface area contributed by atoms with Crippen LogP contribution in [0.15, 0.2) is 29.6 Å². The summed E-state index contributed by atoms with van der Waals surface area (Å²) in [7, 11) is 0. The summed E-state index contributed by atoms with van der Waals surface area (Å²) in [5.41, 5.74) is 2.02. The molecule has 1 fully saturated rings. The molecule has 1 aliphatic rings. The van der Waals surface area contributed by atoms with Crippen LogP contribution in [0.25, 0.3) is 0 Å². The van der Waals surface area contributed by atoms with Gasteiger partial charge in [-0.25, -0.2) is 9.78 Å². The molecule has 0 aliphatic heterocycles. The minimum atomic E-state index is -0.414. The molecule has 1 aromatic carbocycles. The summed E-state index contributed by atoms with van der Waals surface area (Å²) < 4.78 is 4.96. The number of carbonyl (C=O) groups excluding carboxylic acids is 2. The Labute approximate surface area is 145 Å². The Kier molecular flexibility index (Phi) is 4.94. The topological polar surface area (TPSA) is 59.5 Å². The molecule has 24 heavy (non-hydrogen) atoms. The normalized spacial score (nSPS) is 13.6. The van der Waals surface area contributed by atoms with Gasteiger partial charge in [-0.2, -0.15) is 0 Å². The first-order valence-electron chi connectivity index (χ1n) is 8.08. The summed E-state index contributed by atoms with van der Waals surface area (Å²) in [4.78, 5) is 30.8. The lowest BCUT2D eigenvalue weighted by Crippen LogP contribution is -2.33. The lowest BCUT2D eigenvalue weighted by Gasteiger charge is -2.22. The Morgan fingerprint density at radius 1 is 1.33 bits per heavy atom. The van der Waals surface area contributed by atoms with E-state index in [1.54, 1.807) is 12.3 Å². The molecule has 1 saturated carbocycles. The van der Waals surface area contributed by atoms with Gasteiger partial charge >= 0.3 is 5.97 Å². The van der Waals surface area contributed by atoms with Gasteiger partial charge in [0.25, 0.3) is 5.91 Å². The molecular formula is C18H20N2O3S. The molecule has 1 heterocycles. The first-order valence-corrected chi connectivity index (χ1v) is 8.96. The van der Waals surface area contributed by atoms with Crippen LogP contribution in [-0.2, 0) is 11.3 Å². The SMILES string of the molecule is CCOC(=O)c1csc(CN(C(=O)c2ccccc2C)C2CC2)n1. The molecule has 3 rings (SSSR count). The molecule has 0 unspecified atom stereocenters. The van der Waals surface area contributed by atoms with E-state index in [1.807, 2.05) is 36.1 Å². The van der Waals surface area contributed by atoms with Gasteiger partial charge in [0, 0.05) is 17.0 Å². The second-order valence-electron chi connectivity index (χ2n) is 5.83. The fourth-order valence-electron chi connectivity index (χ4n) is 2.55. The molecule has 2 aromatic rings. The Hall–Kier alpha value is -2.21. The average Bonchev–Trinajstić information content (AvgIpc) is 3.30. The van der Waals surface area contributed by atoms with E-state index < -0.39 is 5.97 Å². The van der Waals surface area contributed by atoms with Crippen LogP contribution in [0.3, 0.4) is 0 Å². The summed E-state index contributed by atoms with van der Waals surface area (Å²) in [5, 5.41) is 2.45. The molecule has 5 nitrogen and oxygen atoms in total. The monoisotopic (exact) mass is 344 g/mol. The van der Waals surface area contributed by atoms with Gasteiger partial charge in [-0.1, -0.05) is 18.2 Å². The maximum Gasteiger partial charge on any atom is 0.357 e. The molecule has 6 heteroatoms. The van der Waals surface area contributed by atoms with E-state index in [0.717, 1.165) is 29.0 Å². The van der Waals surface area contributed by atoms with Gasteiger partial charge in [0.15, 0.2) is 5.69 Å². The highest BCUT2D eigenvalue weighted by Gasteiger charge is 2.34. The molecule has 1 amide bonds. The van der Waals surface area contributed by atoms with Crippen molar-refractivity contribution in [2.75, 3.05) is 6.61 Å². The lowest BCUT2D eigenvalue weighted by molar-refractivity contribution is 0.0520. The quantitative estimate of drug-likeness (QED) is 0.753. The molecule has 1 aromatic heterocycles. The lowest BCUT2D eigenvalue weighted by atomic mass is 10.1. The van der Waals surface area contributed by atoms with Gasteiger partial charge in [-0.05, 0) is 38.3 Å². The Bertz CT molecular complexity index is 752. The zero-order valence-corrected chi connectivity index (χ0v) is 14.6. The van der Waals surface area contributed by atoms with Crippen molar-refractivity contribution in [3.05, 3.63) is 51.5 Å². The van der Waals surface area contributed by atoms with Crippen LogP contribution in [0.1, 0.15) is 51.2 Å². The summed E-state index contributed by atoms with van der Waals surface area (Å²) in [6, 6.07) is 7.89. The maximum absolute atomic E-state index is 12.9. The number of ether oxygens (including phenoxy) is 1. The second kappa shape index (κ2) is 7.13. The van der Waals surface area contributed by atoms with E-state index in [2.05, 4.69) is 4.98 Å². The zero-order valence-electron chi connectivity index (χ0n) is 13.8. The minimum absolute atomic E-state index is 0.0310. The summed E-state index contributed by atoms with van der Waals surface area (Å²) in [6.07, 6.45) is 2.04. The van der Waals surface area contributed by atoms with E-state index in [9.17, 15) is 9.59 Å². The summed E-state index contributed by atoms with van der Waals surface area (Å²) >= 11 is 1.39. The van der Waals surface area contributed by atoms with Crippen LogP contribution in [-0.4, -0.2) is 34.4 Å². The zero-order chi connectivity index (χ0) is 17.1. The fourth-order valence-corrected chi connectivity index (χ4v) is 3.31. The Morgan fingerprint density at radius 2 is 2.08 bits per heavy atom. The number of rotatable bonds is 6. The van der Waals surface area contributed by atoms with Crippen molar-refractivity contribution in [3.63, 3.8) is 0 Å².